The molecule has 0 bridgehead atoms. The predicted octanol–water partition coefficient (Wildman–Crippen LogP) is -0.471. The summed E-state index contributed by atoms with van der Waals surface area (Å²) >= 11 is 6.38. The molecule has 1 saturated heterocycles. The van der Waals surface area contributed by atoms with Gasteiger partial charge in [-0.05, 0) is 32.3 Å². The SMILES string of the molecule is CN(C)CCC(=O)NCc1cc2cc(Cl)c([C@@H]3O[C@H](CO)[C@@H](O)[C@H](O)[C@H]3O)cc2oc1=O. The van der Waals surface area contributed by atoms with Crippen LogP contribution < -0.4 is 10.9 Å². The van der Waals surface area contributed by atoms with Crippen LogP contribution >= 0.6 is 11.6 Å². The number of ether oxygens (including phenoxy) is 1. The van der Waals surface area contributed by atoms with Gasteiger partial charge in [0.2, 0.25) is 5.91 Å². The normalized spacial score (nSPS) is 25.9. The van der Waals surface area contributed by atoms with Crippen molar-refractivity contribution in [3.63, 3.8) is 0 Å². The van der Waals surface area contributed by atoms with E-state index in [0.29, 0.717) is 18.4 Å². The van der Waals surface area contributed by atoms with E-state index in [1.165, 1.54) is 12.1 Å². The Bertz CT molecular complexity index is 1020. The first-order valence-electron chi connectivity index (χ1n) is 10.1. The maximum atomic E-state index is 12.4. The fourth-order valence-corrected chi connectivity index (χ4v) is 3.78. The van der Waals surface area contributed by atoms with Gasteiger partial charge in [-0.1, -0.05) is 11.6 Å². The number of fused-ring (bicyclic) bond motifs is 1. The fraction of sp³-hybridized carbons (Fsp3) is 0.524. The molecule has 1 aromatic heterocycles. The number of aliphatic hydroxyl groups excluding tert-OH is 4. The average molecular weight is 471 g/mol. The van der Waals surface area contributed by atoms with Crippen LogP contribution in [0.5, 0.6) is 0 Å². The van der Waals surface area contributed by atoms with Gasteiger partial charge in [0.15, 0.2) is 0 Å². The van der Waals surface area contributed by atoms with E-state index in [9.17, 15) is 30.0 Å². The number of rotatable bonds is 7. The second-order valence-electron chi connectivity index (χ2n) is 8.05. The zero-order valence-electron chi connectivity index (χ0n) is 17.7. The van der Waals surface area contributed by atoms with Gasteiger partial charge in [-0.3, -0.25) is 4.79 Å². The lowest BCUT2D eigenvalue weighted by molar-refractivity contribution is -0.231. The summed E-state index contributed by atoms with van der Waals surface area (Å²) in [5, 5.41) is 43.1. The third-order valence-electron chi connectivity index (χ3n) is 5.38. The number of hydrogen-bond donors (Lipinski definition) is 5. The Morgan fingerprint density at radius 2 is 1.88 bits per heavy atom. The minimum Gasteiger partial charge on any atom is -0.422 e. The Morgan fingerprint density at radius 3 is 2.53 bits per heavy atom. The molecule has 5 N–H and O–H groups in total. The van der Waals surface area contributed by atoms with E-state index < -0.39 is 42.8 Å². The Kier molecular flexibility index (Phi) is 7.88. The summed E-state index contributed by atoms with van der Waals surface area (Å²) in [6.45, 7) is -0.00350. The highest BCUT2D eigenvalue weighted by molar-refractivity contribution is 6.32. The van der Waals surface area contributed by atoms with Gasteiger partial charge in [0.05, 0.1) is 12.2 Å². The molecule has 3 rings (SSSR count). The van der Waals surface area contributed by atoms with Crippen molar-refractivity contribution >= 4 is 28.5 Å². The maximum Gasteiger partial charge on any atom is 0.341 e. The molecule has 0 unspecified atom stereocenters. The molecule has 0 saturated carbocycles. The fourth-order valence-electron chi connectivity index (χ4n) is 3.50. The molecule has 1 fully saturated rings. The first-order valence-corrected chi connectivity index (χ1v) is 10.5. The molecule has 5 atom stereocenters. The number of nitrogens with zero attached hydrogens (tertiary/aromatic N) is 1. The largest absolute Gasteiger partial charge is 0.422 e. The zero-order chi connectivity index (χ0) is 23.6. The van der Waals surface area contributed by atoms with Crippen molar-refractivity contribution < 1.29 is 34.4 Å². The lowest BCUT2D eigenvalue weighted by Gasteiger charge is -2.40. The van der Waals surface area contributed by atoms with E-state index in [0.717, 1.165) is 0 Å². The molecular weight excluding hydrogens is 444 g/mol. The summed E-state index contributed by atoms with van der Waals surface area (Å²) in [4.78, 5) is 26.2. The summed E-state index contributed by atoms with van der Waals surface area (Å²) < 4.78 is 10.9. The summed E-state index contributed by atoms with van der Waals surface area (Å²) in [5.74, 6) is -0.200. The molecule has 2 aromatic rings. The molecule has 1 aliphatic heterocycles. The van der Waals surface area contributed by atoms with Gasteiger partial charge in [-0.15, -0.1) is 0 Å². The van der Waals surface area contributed by atoms with Crippen LogP contribution in [-0.4, -0.2) is 82.9 Å². The van der Waals surface area contributed by atoms with E-state index in [4.69, 9.17) is 20.8 Å². The topological polar surface area (TPSA) is 153 Å². The van der Waals surface area contributed by atoms with Crippen LogP contribution in [0, 0.1) is 0 Å². The number of aliphatic hydroxyl groups is 4. The highest BCUT2D eigenvalue weighted by Gasteiger charge is 2.44. The van der Waals surface area contributed by atoms with Crippen LogP contribution in [-0.2, 0) is 16.1 Å². The number of amides is 1. The third-order valence-corrected chi connectivity index (χ3v) is 5.71. The molecule has 176 valence electrons. The van der Waals surface area contributed by atoms with Crippen molar-refractivity contribution in [1.82, 2.24) is 10.2 Å². The smallest absolute Gasteiger partial charge is 0.341 e. The van der Waals surface area contributed by atoms with Gasteiger partial charge in [0, 0.05) is 35.5 Å². The molecule has 1 aromatic carbocycles. The molecule has 0 spiro atoms. The molecule has 1 amide bonds. The highest BCUT2D eigenvalue weighted by Crippen LogP contribution is 2.37. The Balaban J connectivity index is 1.85. The zero-order valence-corrected chi connectivity index (χ0v) is 18.5. The van der Waals surface area contributed by atoms with Crippen LogP contribution in [0.1, 0.15) is 23.7 Å². The minimum absolute atomic E-state index is 0.00336. The number of halogens is 1. The highest BCUT2D eigenvalue weighted by atomic mass is 35.5. The van der Waals surface area contributed by atoms with Crippen LogP contribution in [0.3, 0.4) is 0 Å². The Labute approximate surface area is 189 Å². The van der Waals surface area contributed by atoms with Crippen LogP contribution in [0.4, 0.5) is 0 Å². The summed E-state index contributed by atoms with van der Waals surface area (Å²) in [5.41, 5.74) is -0.0159. The van der Waals surface area contributed by atoms with Gasteiger partial charge < -0.3 is 39.8 Å². The average Bonchev–Trinajstić information content (AvgIpc) is 2.75. The van der Waals surface area contributed by atoms with E-state index >= 15 is 0 Å². The number of benzene rings is 1. The molecule has 11 heteroatoms. The van der Waals surface area contributed by atoms with Crippen molar-refractivity contribution in [3.8, 4) is 0 Å². The molecular formula is C21H27ClN2O8. The third kappa shape index (κ3) is 5.29. The van der Waals surface area contributed by atoms with Crippen molar-refractivity contribution in [2.45, 2.75) is 43.5 Å². The Morgan fingerprint density at radius 1 is 1.16 bits per heavy atom. The van der Waals surface area contributed by atoms with Crippen LogP contribution in [0.2, 0.25) is 5.02 Å². The molecule has 1 aliphatic rings. The second-order valence-corrected chi connectivity index (χ2v) is 8.46. The van der Waals surface area contributed by atoms with Gasteiger partial charge in [0.1, 0.15) is 36.1 Å². The number of carbonyl (C=O) groups is 1. The van der Waals surface area contributed by atoms with Crippen molar-refractivity contribution in [2.75, 3.05) is 27.2 Å². The Hall–Kier alpha value is -2.05. The maximum absolute atomic E-state index is 12.4. The number of hydrogen-bond acceptors (Lipinski definition) is 9. The first-order chi connectivity index (χ1) is 15.1. The lowest BCUT2D eigenvalue weighted by Crippen LogP contribution is -2.55. The summed E-state index contributed by atoms with van der Waals surface area (Å²) in [6.07, 6.45) is -6.56. The van der Waals surface area contributed by atoms with Crippen molar-refractivity contribution in [3.05, 3.63) is 44.8 Å². The van der Waals surface area contributed by atoms with Crippen molar-refractivity contribution in [2.24, 2.45) is 0 Å². The summed E-state index contributed by atoms with van der Waals surface area (Å²) in [6, 6.07) is 4.47. The first kappa shape index (κ1) is 24.6. The van der Waals surface area contributed by atoms with E-state index in [1.54, 1.807) is 6.07 Å². The summed E-state index contributed by atoms with van der Waals surface area (Å²) in [7, 11) is 3.71. The van der Waals surface area contributed by atoms with E-state index in [-0.39, 0.29) is 34.2 Å². The predicted molar refractivity (Wildman–Crippen MR) is 115 cm³/mol. The van der Waals surface area contributed by atoms with Gasteiger partial charge in [-0.2, -0.15) is 0 Å². The molecule has 0 aliphatic carbocycles. The van der Waals surface area contributed by atoms with Crippen LogP contribution in [0.15, 0.2) is 27.4 Å². The lowest BCUT2D eigenvalue weighted by atomic mass is 9.91. The number of nitrogens with one attached hydrogen (secondary N) is 1. The standard InChI is InChI=1S/C21H27ClN2O8/c1-24(2)4-3-16(26)23-8-11-5-10-6-13(22)12(7-14(10)32-21(11)30)20-19(29)18(28)17(27)15(9-25)31-20/h5-7,15,17-20,25,27-29H,3-4,8-9H2,1-2H3,(H,23,26)/t15-,17-,18+,19-,20+/m1/s1. The van der Waals surface area contributed by atoms with Gasteiger partial charge in [-0.25, -0.2) is 4.79 Å². The molecule has 32 heavy (non-hydrogen) atoms. The number of carbonyl (C=O) groups excluding carboxylic acids is 1. The van der Waals surface area contributed by atoms with Gasteiger partial charge >= 0.3 is 5.63 Å². The quantitative estimate of drug-likeness (QED) is 0.338. The monoisotopic (exact) mass is 470 g/mol. The van der Waals surface area contributed by atoms with E-state index in [1.807, 2.05) is 19.0 Å². The minimum atomic E-state index is -1.57. The van der Waals surface area contributed by atoms with Crippen molar-refractivity contribution in [1.29, 1.82) is 0 Å². The molecule has 10 nitrogen and oxygen atoms in total. The molecule has 0 radical (unpaired) electrons. The van der Waals surface area contributed by atoms with Crippen LogP contribution in [0.25, 0.3) is 11.0 Å². The van der Waals surface area contributed by atoms with E-state index in [2.05, 4.69) is 5.32 Å². The van der Waals surface area contributed by atoms with Gasteiger partial charge in [0.25, 0.3) is 0 Å². The second kappa shape index (κ2) is 10.3. The molecule has 2 heterocycles.